The summed E-state index contributed by atoms with van der Waals surface area (Å²) in [5.41, 5.74) is 3.42. The van der Waals surface area contributed by atoms with Crippen molar-refractivity contribution in [2.75, 3.05) is 20.3 Å². The molecule has 5 heteroatoms. The molecule has 0 bridgehead atoms. The van der Waals surface area contributed by atoms with Gasteiger partial charge in [-0.05, 0) is 49.6 Å². The number of carbonyl (C=O) groups is 1. The molecule has 0 aliphatic heterocycles. The Morgan fingerprint density at radius 3 is 2.33 bits per heavy atom. The lowest BCUT2D eigenvalue weighted by atomic mass is 10.1. The first-order valence-corrected chi connectivity index (χ1v) is 7.67. The smallest absolute Gasteiger partial charge is 0.339 e. The molecule has 0 atom stereocenters. The average Bonchev–Trinajstić information content (AvgIpc) is 2.57. The number of methoxy groups -OCH3 is 1. The van der Waals surface area contributed by atoms with E-state index >= 15 is 0 Å². The average molecular weight is 330 g/mol. The van der Waals surface area contributed by atoms with Gasteiger partial charge in [0, 0.05) is 6.07 Å². The van der Waals surface area contributed by atoms with E-state index in [2.05, 4.69) is 6.07 Å². The zero-order chi connectivity index (χ0) is 17.7. The monoisotopic (exact) mass is 330 g/mol. The van der Waals surface area contributed by atoms with Crippen LogP contribution in [0.2, 0.25) is 0 Å². The SMILES string of the molecule is COc1ccc(C(=O)O)c(OCCOc2c(C)ccc(C)c2C)c1. The second-order valence-electron chi connectivity index (χ2n) is 5.52. The van der Waals surface area contributed by atoms with Crippen LogP contribution in [0.3, 0.4) is 0 Å². The first-order chi connectivity index (χ1) is 11.4. The molecular weight excluding hydrogens is 308 g/mol. The summed E-state index contributed by atoms with van der Waals surface area (Å²) >= 11 is 0. The molecule has 5 nitrogen and oxygen atoms in total. The maximum atomic E-state index is 11.3. The van der Waals surface area contributed by atoms with Crippen LogP contribution in [-0.2, 0) is 0 Å². The van der Waals surface area contributed by atoms with E-state index in [9.17, 15) is 9.90 Å². The van der Waals surface area contributed by atoms with Crippen molar-refractivity contribution in [1.82, 2.24) is 0 Å². The van der Waals surface area contributed by atoms with Crippen LogP contribution in [0, 0.1) is 20.8 Å². The molecule has 24 heavy (non-hydrogen) atoms. The van der Waals surface area contributed by atoms with Crippen LogP contribution >= 0.6 is 0 Å². The molecule has 0 unspecified atom stereocenters. The van der Waals surface area contributed by atoms with E-state index in [0.717, 1.165) is 22.4 Å². The first-order valence-electron chi connectivity index (χ1n) is 7.67. The predicted molar refractivity (Wildman–Crippen MR) is 91.6 cm³/mol. The minimum atomic E-state index is -1.04. The van der Waals surface area contributed by atoms with Crippen molar-refractivity contribution in [3.63, 3.8) is 0 Å². The fourth-order valence-electron chi connectivity index (χ4n) is 2.37. The molecular formula is C19H22O5. The number of aromatic carboxylic acids is 1. The van der Waals surface area contributed by atoms with Crippen LogP contribution in [0.25, 0.3) is 0 Å². The summed E-state index contributed by atoms with van der Waals surface area (Å²) in [6.07, 6.45) is 0. The molecule has 0 fully saturated rings. The highest BCUT2D eigenvalue weighted by molar-refractivity contribution is 5.91. The predicted octanol–water partition coefficient (Wildman–Crippen LogP) is 3.78. The van der Waals surface area contributed by atoms with E-state index in [-0.39, 0.29) is 17.9 Å². The number of rotatable bonds is 7. The number of benzene rings is 2. The third-order valence-corrected chi connectivity index (χ3v) is 3.88. The molecule has 0 aliphatic rings. The van der Waals surface area contributed by atoms with Gasteiger partial charge in [-0.15, -0.1) is 0 Å². The molecule has 0 heterocycles. The minimum absolute atomic E-state index is 0.0960. The van der Waals surface area contributed by atoms with Crippen LogP contribution in [-0.4, -0.2) is 31.4 Å². The second-order valence-corrected chi connectivity index (χ2v) is 5.52. The summed E-state index contributed by atoms with van der Waals surface area (Å²) in [6.45, 7) is 6.60. The highest BCUT2D eigenvalue weighted by atomic mass is 16.5. The van der Waals surface area contributed by atoms with E-state index in [4.69, 9.17) is 14.2 Å². The third kappa shape index (κ3) is 3.98. The van der Waals surface area contributed by atoms with Gasteiger partial charge in [0.15, 0.2) is 0 Å². The summed E-state index contributed by atoms with van der Waals surface area (Å²) in [6, 6.07) is 8.69. The molecule has 0 amide bonds. The lowest BCUT2D eigenvalue weighted by molar-refractivity contribution is 0.0691. The molecule has 0 aliphatic carbocycles. The summed E-state index contributed by atoms with van der Waals surface area (Å²) in [7, 11) is 1.52. The van der Waals surface area contributed by atoms with Gasteiger partial charge in [-0.25, -0.2) is 4.79 Å². The van der Waals surface area contributed by atoms with Gasteiger partial charge in [0.1, 0.15) is 36.0 Å². The fourth-order valence-corrected chi connectivity index (χ4v) is 2.37. The Morgan fingerprint density at radius 2 is 1.67 bits per heavy atom. The highest BCUT2D eigenvalue weighted by Crippen LogP contribution is 2.27. The van der Waals surface area contributed by atoms with Gasteiger partial charge in [0.2, 0.25) is 0 Å². The van der Waals surface area contributed by atoms with Crippen molar-refractivity contribution in [3.05, 3.63) is 52.6 Å². The first kappa shape index (κ1) is 17.7. The third-order valence-electron chi connectivity index (χ3n) is 3.88. The second kappa shape index (κ2) is 7.73. The minimum Gasteiger partial charge on any atom is -0.497 e. The van der Waals surface area contributed by atoms with Crippen LogP contribution in [0.1, 0.15) is 27.0 Å². The van der Waals surface area contributed by atoms with E-state index in [1.54, 1.807) is 12.1 Å². The highest BCUT2D eigenvalue weighted by Gasteiger charge is 2.13. The molecule has 0 radical (unpaired) electrons. The van der Waals surface area contributed by atoms with Gasteiger partial charge in [-0.1, -0.05) is 12.1 Å². The molecule has 2 rings (SSSR count). The van der Waals surface area contributed by atoms with Gasteiger partial charge in [-0.2, -0.15) is 0 Å². The number of aryl methyl sites for hydroxylation is 2. The lowest BCUT2D eigenvalue weighted by Gasteiger charge is -2.15. The molecule has 1 N–H and O–H groups in total. The Morgan fingerprint density at radius 1 is 1.00 bits per heavy atom. The number of hydrogen-bond acceptors (Lipinski definition) is 4. The van der Waals surface area contributed by atoms with E-state index in [0.29, 0.717) is 12.4 Å². The Bertz CT molecular complexity index is 737. The summed E-state index contributed by atoms with van der Waals surface area (Å²) in [4.78, 5) is 11.3. The number of carboxylic acid groups (broad SMARTS) is 1. The van der Waals surface area contributed by atoms with E-state index in [1.165, 1.54) is 13.2 Å². The molecule has 2 aromatic carbocycles. The van der Waals surface area contributed by atoms with E-state index < -0.39 is 5.97 Å². The Labute approximate surface area is 141 Å². The van der Waals surface area contributed by atoms with Crippen LogP contribution in [0.4, 0.5) is 0 Å². The van der Waals surface area contributed by atoms with Gasteiger partial charge in [0.05, 0.1) is 7.11 Å². The lowest BCUT2D eigenvalue weighted by Crippen LogP contribution is -2.12. The molecule has 0 saturated heterocycles. The number of carboxylic acids is 1. The number of hydrogen-bond donors (Lipinski definition) is 1. The molecule has 2 aromatic rings. The van der Waals surface area contributed by atoms with Crippen molar-refractivity contribution in [3.8, 4) is 17.2 Å². The zero-order valence-electron chi connectivity index (χ0n) is 14.4. The quantitative estimate of drug-likeness (QED) is 0.783. The summed E-state index contributed by atoms with van der Waals surface area (Å²) < 4.78 is 16.5. The molecule has 0 aromatic heterocycles. The Hall–Kier alpha value is -2.69. The van der Waals surface area contributed by atoms with Crippen LogP contribution in [0.5, 0.6) is 17.2 Å². The van der Waals surface area contributed by atoms with Gasteiger partial charge >= 0.3 is 5.97 Å². The molecule has 0 spiro atoms. The largest absolute Gasteiger partial charge is 0.497 e. The summed E-state index contributed by atoms with van der Waals surface area (Å²) in [5, 5.41) is 9.22. The standard InChI is InChI=1S/C19H22O5/c1-12-5-6-13(2)18(14(12)3)24-10-9-23-17-11-15(22-4)7-8-16(17)19(20)21/h5-8,11H,9-10H2,1-4H3,(H,20,21). The topological polar surface area (TPSA) is 65.0 Å². The van der Waals surface area contributed by atoms with Gasteiger partial charge in [-0.3, -0.25) is 0 Å². The van der Waals surface area contributed by atoms with Crippen LogP contribution < -0.4 is 14.2 Å². The zero-order valence-corrected chi connectivity index (χ0v) is 14.4. The Balaban J connectivity index is 2.03. The van der Waals surface area contributed by atoms with E-state index in [1.807, 2.05) is 26.8 Å². The Kier molecular flexibility index (Phi) is 5.68. The van der Waals surface area contributed by atoms with Crippen molar-refractivity contribution in [2.45, 2.75) is 20.8 Å². The van der Waals surface area contributed by atoms with Gasteiger partial charge in [0.25, 0.3) is 0 Å². The maximum Gasteiger partial charge on any atom is 0.339 e. The molecule has 128 valence electrons. The van der Waals surface area contributed by atoms with Crippen molar-refractivity contribution < 1.29 is 24.1 Å². The summed E-state index contributed by atoms with van der Waals surface area (Å²) in [5.74, 6) is 0.617. The van der Waals surface area contributed by atoms with Crippen molar-refractivity contribution in [1.29, 1.82) is 0 Å². The fraction of sp³-hybridized carbons (Fsp3) is 0.316. The van der Waals surface area contributed by atoms with Crippen molar-refractivity contribution in [2.24, 2.45) is 0 Å². The molecule has 0 saturated carbocycles. The van der Waals surface area contributed by atoms with Crippen LogP contribution in [0.15, 0.2) is 30.3 Å². The maximum absolute atomic E-state index is 11.3. The number of ether oxygens (including phenoxy) is 3. The van der Waals surface area contributed by atoms with Crippen molar-refractivity contribution >= 4 is 5.97 Å². The van der Waals surface area contributed by atoms with Gasteiger partial charge < -0.3 is 19.3 Å². The normalized spacial score (nSPS) is 10.3.